The summed E-state index contributed by atoms with van der Waals surface area (Å²) in [5, 5.41) is 14.2. The fourth-order valence-corrected chi connectivity index (χ4v) is 5.98. The Morgan fingerprint density at radius 1 is 1.06 bits per heavy atom. The summed E-state index contributed by atoms with van der Waals surface area (Å²) < 4.78 is 2.00. The zero-order chi connectivity index (χ0) is 23.4. The number of pyridine rings is 1. The fraction of sp³-hybridized carbons (Fsp3) is 0.407. The zero-order valence-electron chi connectivity index (χ0n) is 20.0. The first-order valence-corrected chi connectivity index (χ1v) is 12.3. The minimum absolute atomic E-state index is 0.0799. The van der Waals surface area contributed by atoms with Crippen molar-refractivity contribution < 1.29 is 0 Å². The van der Waals surface area contributed by atoms with E-state index in [1.807, 2.05) is 11.6 Å². The molecule has 0 amide bonds. The van der Waals surface area contributed by atoms with Crippen LogP contribution in [0.25, 0.3) is 10.9 Å². The van der Waals surface area contributed by atoms with Crippen molar-refractivity contribution in [2.24, 2.45) is 0 Å². The molecule has 34 heavy (non-hydrogen) atoms. The van der Waals surface area contributed by atoms with E-state index in [1.54, 1.807) is 0 Å². The molecule has 2 atom stereocenters. The van der Waals surface area contributed by atoms with E-state index in [0.717, 1.165) is 52.8 Å². The highest BCUT2D eigenvalue weighted by Gasteiger charge is 2.39. The Kier molecular flexibility index (Phi) is 5.01. The maximum Gasteiger partial charge on any atom is 0.254 e. The second kappa shape index (κ2) is 8.08. The van der Waals surface area contributed by atoms with Crippen LogP contribution in [0.2, 0.25) is 0 Å². The van der Waals surface area contributed by atoms with Crippen LogP contribution < -0.4 is 10.5 Å². The predicted molar refractivity (Wildman–Crippen MR) is 133 cm³/mol. The van der Waals surface area contributed by atoms with Gasteiger partial charge in [-0.2, -0.15) is 0 Å². The van der Waals surface area contributed by atoms with Crippen LogP contribution in [-0.4, -0.2) is 31.2 Å². The van der Waals surface area contributed by atoms with Crippen molar-refractivity contribution in [3.63, 3.8) is 0 Å². The van der Waals surface area contributed by atoms with E-state index in [4.69, 9.17) is 0 Å². The summed E-state index contributed by atoms with van der Waals surface area (Å²) in [6, 6.07) is 14.9. The van der Waals surface area contributed by atoms with Crippen molar-refractivity contribution >= 4 is 16.6 Å². The monoisotopic (exact) mass is 454 g/mol. The summed E-state index contributed by atoms with van der Waals surface area (Å²) in [4.78, 5) is 19.2. The van der Waals surface area contributed by atoms with Crippen LogP contribution in [0.1, 0.15) is 72.8 Å². The molecule has 1 saturated carbocycles. The first-order chi connectivity index (χ1) is 16.5. The number of tetrazole rings is 1. The molecule has 7 heteroatoms. The molecule has 174 valence electrons. The van der Waals surface area contributed by atoms with Gasteiger partial charge in [0.25, 0.3) is 5.56 Å². The zero-order valence-corrected chi connectivity index (χ0v) is 20.0. The number of anilines is 1. The molecule has 1 N–H and O–H groups in total. The average Bonchev–Trinajstić information content (AvgIpc) is 3.58. The third-order valence-corrected chi connectivity index (χ3v) is 7.74. The summed E-state index contributed by atoms with van der Waals surface area (Å²) in [6.45, 7) is 6.35. The molecule has 6 rings (SSSR count). The maximum atomic E-state index is 13.7. The molecule has 2 aliphatic rings. The van der Waals surface area contributed by atoms with Crippen LogP contribution in [0.15, 0.2) is 47.3 Å². The number of para-hydroxylation sites is 1. The van der Waals surface area contributed by atoms with Gasteiger partial charge in [-0.05, 0) is 79.3 Å². The summed E-state index contributed by atoms with van der Waals surface area (Å²) >= 11 is 0. The third-order valence-electron chi connectivity index (χ3n) is 7.74. The second-order valence-corrected chi connectivity index (χ2v) is 9.95. The number of benzene rings is 2. The lowest BCUT2D eigenvalue weighted by Gasteiger charge is -2.34. The van der Waals surface area contributed by atoms with Gasteiger partial charge < -0.3 is 9.88 Å². The Hall–Kier alpha value is -3.48. The van der Waals surface area contributed by atoms with Crippen molar-refractivity contribution in [3.05, 3.63) is 80.9 Å². The Morgan fingerprint density at radius 3 is 2.65 bits per heavy atom. The fourth-order valence-electron chi connectivity index (χ4n) is 5.98. The number of hydrogen-bond donors (Lipinski definition) is 1. The van der Waals surface area contributed by atoms with Crippen LogP contribution in [0.5, 0.6) is 0 Å². The molecular weight excluding hydrogens is 424 g/mol. The SMILES string of the molecule is Cc1ccc(C)c2[nH]c(=O)c(C(c3nnnn3C3CCCC3)N3c4ccccc4CC3C)cc12. The lowest BCUT2D eigenvalue weighted by atomic mass is 9.98. The molecule has 4 aromatic rings. The van der Waals surface area contributed by atoms with Crippen molar-refractivity contribution in [1.29, 1.82) is 0 Å². The van der Waals surface area contributed by atoms with E-state index >= 15 is 0 Å². The average molecular weight is 455 g/mol. The number of rotatable bonds is 4. The minimum Gasteiger partial charge on any atom is -0.354 e. The van der Waals surface area contributed by atoms with Crippen molar-refractivity contribution in [2.45, 2.75) is 71.0 Å². The van der Waals surface area contributed by atoms with E-state index in [0.29, 0.717) is 5.56 Å². The predicted octanol–water partition coefficient (Wildman–Crippen LogP) is 4.79. The van der Waals surface area contributed by atoms with E-state index in [2.05, 4.69) is 81.7 Å². The van der Waals surface area contributed by atoms with Crippen molar-refractivity contribution in [1.82, 2.24) is 25.2 Å². The summed E-state index contributed by atoms with van der Waals surface area (Å²) in [5.41, 5.74) is 6.17. The van der Waals surface area contributed by atoms with Crippen LogP contribution in [-0.2, 0) is 6.42 Å². The largest absolute Gasteiger partial charge is 0.354 e. The normalized spacial score (nSPS) is 19.1. The molecule has 3 heterocycles. The molecular formula is C27H30N6O. The topological polar surface area (TPSA) is 79.7 Å². The molecule has 7 nitrogen and oxygen atoms in total. The van der Waals surface area contributed by atoms with Gasteiger partial charge in [0.15, 0.2) is 5.82 Å². The molecule has 0 spiro atoms. The molecule has 0 saturated heterocycles. The Morgan fingerprint density at radius 2 is 1.82 bits per heavy atom. The molecule has 2 unspecified atom stereocenters. The van der Waals surface area contributed by atoms with Crippen LogP contribution in [0.4, 0.5) is 5.69 Å². The quantitative estimate of drug-likeness (QED) is 0.480. The summed E-state index contributed by atoms with van der Waals surface area (Å²) in [7, 11) is 0. The lowest BCUT2D eigenvalue weighted by molar-refractivity contribution is 0.423. The van der Waals surface area contributed by atoms with Gasteiger partial charge >= 0.3 is 0 Å². The number of fused-ring (bicyclic) bond motifs is 2. The van der Waals surface area contributed by atoms with E-state index in [-0.39, 0.29) is 23.7 Å². The molecule has 2 aromatic heterocycles. The smallest absolute Gasteiger partial charge is 0.254 e. The van der Waals surface area contributed by atoms with Crippen LogP contribution in [0, 0.1) is 13.8 Å². The highest BCUT2D eigenvalue weighted by Crippen LogP contribution is 2.42. The van der Waals surface area contributed by atoms with Gasteiger partial charge in [0.05, 0.1) is 11.6 Å². The van der Waals surface area contributed by atoms with Gasteiger partial charge in [-0.3, -0.25) is 4.79 Å². The molecule has 0 radical (unpaired) electrons. The lowest BCUT2D eigenvalue weighted by Crippen LogP contribution is -2.39. The molecule has 2 aromatic carbocycles. The van der Waals surface area contributed by atoms with Gasteiger partial charge in [0.2, 0.25) is 0 Å². The van der Waals surface area contributed by atoms with Gasteiger partial charge in [-0.25, -0.2) is 4.68 Å². The molecule has 1 aliphatic heterocycles. The molecule has 0 bridgehead atoms. The Balaban J connectivity index is 1.61. The number of aryl methyl sites for hydroxylation is 2. The molecule has 1 fully saturated rings. The number of nitrogens with one attached hydrogen (secondary N) is 1. The minimum atomic E-state index is -0.373. The second-order valence-electron chi connectivity index (χ2n) is 9.95. The Bertz CT molecular complexity index is 1430. The van der Waals surface area contributed by atoms with Crippen LogP contribution in [0.3, 0.4) is 0 Å². The third kappa shape index (κ3) is 3.25. The standard InChI is InChI=1S/C27H30N6O/c1-16-12-13-17(2)24-21(16)15-22(27(34)28-24)25(26-29-30-31-33(26)20-9-5-6-10-20)32-18(3)14-19-8-4-7-11-23(19)32/h4,7-8,11-13,15,18,20,25H,5-6,9-10,14H2,1-3H3,(H,28,34). The van der Waals surface area contributed by atoms with Gasteiger partial charge in [-0.15, -0.1) is 5.10 Å². The van der Waals surface area contributed by atoms with Crippen LogP contribution >= 0.6 is 0 Å². The van der Waals surface area contributed by atoms with Gasteiger partial charge in [0, 0.05) is 22.7 Å². The first-order valence-electron chi connectivity index (χ1n) is 12.3. The number of hydrogen-bond acceptors (Lipinski definition) is 5. The Labute approximate surface area is 198 Å². The summed E-state index contributed by atoms with van der Waals surface area (Å²) in [5.74, 6) is 0.755. The number of nitrogens with zero attached hydrogens (tertiary/aromatic N) is 5. The summed E-state index contributed by atoms with van der Waals surface area (Å²) in [6.07, 6.45) is 5.45. The maximum absolute atomic E-state index is 13.7. The van der Waals surface area contributed by atoms with Gasteiger partial charge in [0.1, 0.15) is 6.04 Å². The van der Waals surface area contributed by atoms with Crippen molar-refractivity contribution in [3.8, 4) is 0 Å². The number of aromatic amines is 1. The van der Waals surface area contributed by atoms with E-state index < -0.39 is 0 Å². The molecule has 1 aliphatic carbocycles. The number of aromatic nitrogens is 5. The van der Waals surface area contributed by atoms with Gasteiger partial charge in [-0.1, -0.05) is 43.2 Å². The van der Waals surface area contributed by atoms with E-state index in [9.17, 15) is 4.79 Å². The van der Waals surface area contributed by atoms with E-state index in [1.165, 1.54) is 18.4 Å². The first kappa shape index (κ1) is 21.1. The van der Waals surface area contributed by atoms with Crippen molar-refractivity contribution in [2.75, 3.05) is 4.90 Å². The number of H-pyrrole nitrogens is 1. The highest BCUT2D eigenvalue weighted by molar-refractivity contribution is 5.85. The highest BCUT2D eigenvalue weighted by atomic mass is 16.1.